The van der Waals surface area contributed by atoms with Crippen molar-refractivity contribution >= 4 is 32.6 Å². The Morgan fingerprint density at radius 3 is 2.32 bits per heavy atom. The van der Waals surface area contributed by atoms with Gasteiger partial charge in [0.25, 0.3) is 15.3 Å². The third-order valence-corrected chi connectivity index (χ3v) is 5.51. The molecule has 0 radical (unpaired) electrons. The number of anilines is 1. The minimum Gasteiger partial charge on any atom is -0.276 e. The van der Waals surface area contributed by atoms with E-state index in [-0.39, 0.29) is 17.8 Å². The predicted molar refractivity (Wildman–Crippen MR) is 88.3 cm³/mol. The van der Waals surface area contributed by atoms with Crippen molar-refractivity contribution in [2.45, 2.75) is 18.0 Å². The van der Waals surface area contributed by atoms with E-state index in [1.807, 2.05) is 0 Å². The first-order valence-corrected chi connectivity index (χ1v) is 8.89. The third kappa shape index (κ3) is 4.13. The lowest BCUT2D eigenvalue weighted by molar-refractivity contribution is -0.137. The van der Waals surface area contributed by atoms with E-state index in [2.05, 4.69) is 0 Å². The van der Waals surface area contributed by atoms with E-state index in [1.54, 1.807) is 0 Å². The summed E-state index contributed by atoms with van der Waals surface area (Å²) in [6.45, 7) is 1.48. The molecule has 0 saturated heterocycles. The van der Waals surface area contributed by atoms with E-state index in [4.69, 9.17) is 11.6 Å². The number of nitrogens with zero attached hydrogens (tertiary/aromatic N) is 1. The average Bonchev–Trinajstić information content (AvgIpc) is 2.55. The molecule has 0 fully saturated rings. The number of halogens is 4. The molecule has 9 heteroatoms. The van der Waals surface area contributed by atoms with Gasteiger partial charge in [0.2, 0.25) is 0 Å². The molecule has 0 aromatic heterocycles. The minimum absolute atomic E-state index is 0.0431. The van der Waals surface area contributed by atoms with Crippen LogP contribution < -0.4 is 4.31 Å². The fourth-order valence-electron chi connectivity index (χ4n) is 2.23. The molecular formula is C16H13ClF3NO3S. The number of rotatable bonds is 5. The van der Waals surface area contributed by atoms with Gasteiger partial charge < -0.3 is 0 Å². The number of hydrogen-bond donors (Lipinski definition) is 0. The zero-order chi connectivity index (χ0) is 18.8. The first kappa shape index (κ1) is 19.3. The zero-order valence-corrected chi connectivity index (χ0v) is 14.5. The van der Waals surface area contributed by atoms with Gasteiger partial charge in [0.15, 0.2) is 0 Å². The van der Waals surface area contributed by atoms with Crippen LogP contribution in [0.2, 0.25) is 0 Å². The Kier molecular flexibility index (Phi) is 5.43. The molecule has 0 aliphatic rings. The largest absolute Gasteiger partial charge is 0.416 e. The molecule has 0 spiro atoms. The van der Waals surface area contributed by atoms with Gasteiger partial charge in [0.1, 0.15) is 0 Å². The summed E-state index contributed by atoms with van der Waals surface area (Å²) in [4.78, 5) is 10.8. The van der Waals surface area contributed by atoms with E-state index in [1.165, 1.54) is 31.2 Å². The molecule has 0 aliphatic carbocycles. The molecule has 0 heterocycles. The van der Waals surface area contributed by atoms with Crippen LogP contribution in [0.3, 0.4) is 0 Å². The van der Waals surface area contributed by atoms with E-state index in [0.29, 0.717) is 6.07 Å². The highest BCUT2D eigenvalue weighted by Crippen LogP contribution is 2.32. The molecule has 0 aliphatic heterocycles. The summed E-state index contributed by atoms with van der Waals surface area (Å²) < 4.78 is 65.0. The molecule has 0 unspecified atom stereocenters. The Labute approximate surface area is 147 Å². The van der Waals surface area contributed by atoms with Gasteiger partial charge in [0, 0.05) is 12.1 Å². The first-order chi connectivity index (χ1) is 11.6. The molecule has 4 nitrogen and oxygen atoms in total. The molecule has 0 atom stereocenters. The summed E-state index contributed by atoms with van der Waals surface area (Å²) >= 11 is 5.39. The SMILES string of the molecule is CCN(c1cccc(C(=O)Cl)c1)S(=O)(=O)c1cccc(C(F)(F)F)c1. The van der Waals surface area contributed by atoms with Crippen LogP contribution >= 0.6 is 11.6 Å². The quantitative estimate of drug-likeness (QED) is 0.714. The van der Waals surface area contributed by atoms with Crippen LogP contribution in [0.5, 0.6) is 0 Å². The fraction of sp³-hybridized carbons (Fsp3) is 0.188. The van der Waals surface area contributed by atoms with Crippen LogP contribution in [-0.4, -0.2) is 20.2 Å². The van der Waals surface area contributed by atoms with Crippen molar-refractivity contribution in [1.82, 2.24) is 0 Å². The summed E-state index contributed by atoms with van der Waals surface area (Å²) in [5.74, 6) is 0. The van der Waals surface area contributed by atoms with E-state index < -0.39 is 31.9 Å². The number of benzene rings is 2. The molecule has 0 amide bonds. The number of sulfonamides is 1. The smallest absolute Gasteiger partial charge is 0.276 e. The molecule has 2 rings (SSSR count). The summed E-state index contributed by atoms with van der Waals surface area (Å²) in [5.41, 5.74) is -0.849. The Balaban J connectivity index is 2.53. The zero-order valence-electron chi connectivity index (χ0n) is 12.9. The molecule has 134 valence electrons. The maximum Gasteiger partial charge on any atom is 0.416 e. The van der Waals surface area contributed by atoms with Crippen molar-refractivity contribution in [3.8, 4) is 0 Å². The lowest BCUT2D eigenvalue weighted by Gasteiger charge is -2.23. The van der Waals surface area contributed by atoms with Crippen LogP contribution in [0.1, 0.15) is 22.8 Å². The summed E-state index contributed by atoms with van der Waals surface area (Å²) in [5, 5.41) is -0.769. The Morgan fingerprint density at radius 1 is 1.12 bits per heavy atom. The topological polar surface area (TPSA) is 54.5 Å². The highest BCUT2D eigenvalue weighted by atomic mass is 35.5. The van der Waals surface area contributed by atoms with Gasteiger partial charge in [-0.05, 0) is 54.9 Å². The Bertz CT molecular complexity index is 897. The highest BCUT2D eigenvalue weighted by molar-refractivity contribution is 7.92. The first-order valence-electron chi connectivity index (χ1n) is 7.07. The van der Waals surface area contributed by atoms with Crippen molar-refractivity contribution in [2.75, 3.05) is 10.8 Å². The highest BCUT2D eigenvalue weighted by Gasteiger charge is 2.33. The van der Waals surface area contributed by atoms with Gasteiger partial charge in [-0.3, -0.25) is 9.10 Å². The van der Waals surface area contributed by atoms with Crippen LogP contribution in [0.15, 0.2) is 53.4 Å². The molecule has 2 aromatic rings. The maximum absolute atomic E-state index is 12.8. The predicted octanol–water partition coefficient (Wildman–Crippen LogP) is 4.30. The van der Waals surface area contributed by atoms with Crippen LogP contribution in [0.25, 0.3) is 0 Å². The van der Waals surface area contributed by atoms with Crippen LogP contribution in [-0.2, 0) is 16.2 Å². The number of alkyl halides is 3. The lowest BCUT2D eigenvalue weighted by atomic mass is 10.2. The van der Waals surface area contributed by atoms with Crippen LogP contribution in [0, 0.1) is 0 Å². The monoisotopic (exact) mass is 391 g/mol. The van der Waals surface area contributed by atoms with E-state index in [9.17, 15) is 26.4 Å². The van der Waals surface area contributed by atoms with Crippen molar-refractivity contribution in [2.24, 2.45) is 0 Å². The van der Waals surface area contributed by atoms with Gasteiger partial charge in [-0.25, -0.2) is 8.42 Å². The number of hydrogen-bond acceptors (Lipinski definition) is 3. The number of carbonyl (C=O) groups is 1. The lowest BCUT2D eigenvalue weighted by Crippen LogP contribution is -2.31. The summed E-state index contributed by atoms with van der Waals surface area (Å²) in [6, 6.07) is 9.03. The number of carbonyl (C=O) groups excluding carboxylic acids is 1. The van der Waals surface area contributed by atoms with E-state index in [0.717, 1.165) is 22.5 Å². The second kappa shape index (κ2) is 7.05. The minimum atomic E-state index is -4.66. The van der Waals surface area contributed by atoms with Gasteiger partial charge >= 0.3 is 6.18 Å². The average molecular weight is 392 g/mol. The van der Waals surface area contributed by atoms with Crippen molar-refractivity contribution in [1.29, 1.82) is 0 Å². The second-order valence-corrected chi connectivity index (χ2v) is 7.23. The van der Waals surface area contributed by atoms with E-state index >= 15 is 0 Å². The molecule has 0 N–H and O–H groups in total. The van der Waals surface area contributed by atoms with Crippen LogP contribution in [0.4, 0.5) is 18.9 Å². The Morgan fingerprint density at radius 2 is 1.76 bits per heavy atom. The van der Waals surface area contributed by atoms with Crippen molar-refractivity contribution in [3.63, 3.8) is 0 Å². The standard InChI is InChI=1S/C16H13ClF3NO3S/c1-2-21(13-7-3-5-11(9-13)15(17)22)25(23,24)14-8-4-6-12(10-14)16(18,19)20/h3-10H,2H2,1H3. The second-order valence-electron chi connectivity index (χ2n) is 5.02. The normalized spacial score (nSPS) is 12.0. The molecule has 0 saturated carbocycles. The van der Waals surface area contributed by atoms with Gasteiger partial charge in [-0.2, -0.15) is 13.2 Å². The summed E-state index contributed by atoms with van der Waals surface area (Å²) in [7, 11) is -4.25. The summed E-state index contributed by atoms with van der Waals surface area (Å²) in [6.07, 6.45) is -4.66. The molecular weight excluding hydrogens is 379 g/mol. The maximum atomic E-state index is 12.8. The molecule has 0 bridgehead atoms. The molecule has 25 heavy (non-hydrogen) atoms. The Hall–Kier alpha value is -2.06. The molecule has 2 aromatic carbocycles. The van der Waals surface area contributed by atoms with Gasteiger partial charge in [-0.15, -0.1) is 0 Å². The van der Waals surface area contributed by atoms with Crippen molar-refractivity contribution in [3.05, 3.63) is 59.7 Å². The fourth-order valence-corrected chi connectivity index (χ4v) is 3.86. The van der Waals surface area contributed by atoms with Gasteiger partial charge in [-0.1, -0.05) is 12.1 Å². The van der Waals surface area contributed by atoms with Gasteiger partial charge in [0.05, 0.1) is 16.1 Å². The van der Waals surface area contributed by atoms with Crippen molar-refractivity contribution < 1.29 is 26.4 Å². The third-order valence-electron chi connectivity index (χ3n) is 3.40.